The normalized spacial score (nSPS) is 9.85. The summed E-state index contributed by atoms with van der Waals surface area (Å²) >= 11 is 0. The van der Waals surface area contributed by atoms with Crippen molar-refractivity contribution in [1.29, 1.82) is 5.26 Å². The number of ether oxygens (including phenoxy) is 1. The SMILES string of the molecule is Cc1c(C(=O)Nc2ccc(OCC#N)cc2)cnn1C. The van der Waals surface area contributed by atoms with Gasteiger partial charge in [-0.2, -0.15) is 10.4 Å². The van der Waals surface area contributed by atoms with Crippen molar-refractivity contribution in [2.24, 2.45) is 7.05 Å². The fourth-order valence-electron chi connectivity index (χ4n) is 1.67. The number of aromatic nitrogens is 2. The number of hydrogen-bond donors (Lipinski definition) is 1. The van der Waals surface area contributed by atoms with E-state index >= 15 is 0 Å². The van der Waals surface area contributed by atoms with E-state index in [0.717, 1.165) is 5.69 Å². The van der Waals surface area contributed by atoms with Gasteiger partial charge in [-0.1, -0.05) is 0 Å². The lowest BCUT2D eigenvalue weighted by atomic mass is 10.2. The first-order valence-electron chi connectivity index (χ1n) is 6.01. The average molecular weight is 270 g/mol. The molecule has 0 aliphatic carbocycles. The Balaban J connectivity index is 2.05. The van der Waals surface area contributed by atoms with Gasteiger partial charge >= 0.3 is 0 Å². The molecule has 1 N–H and O–H groups in total. The fourth-order valence-corrected chi connectivity index (χ4v) is 1.67. The predicted octanol–water partition coefficient (Wildman–Crippen LogP) is 1.88. The van der Waals surface area contributed by atoms with E-state index in [1.165, 1.54) is 6.20 Å². The van der Waals surface area contributed by atoms with Crippen LogP contribution in [0.1, 0.15) is 16.1 Å². The van der Waals surface area contributed by atoms with Crippen molar-refractivity contribution in [3.05, 3.63) is 41.7 Å². The Hall–Kier alpha value is -2.81. The molecule has 0 radical (unpaired) electrons. The molecule has 1 aromatic carbocycles. The second-order valence-corrected chi connectivity index (χ2v) is 4.19. The molecule has 0 bridgehead atoms. The minimum absolute atomic E-state index is 0.000581. The molecule has 0 spiro atoms. The number of benzene rings is 1. The number of nitrogens with zero attached hydrogens (tertiary/aromatic N) is 3. The summed E-state index contributed by atoms with van der Waals surface area (Å²) in [5.41, 5.74) is 2.00. The van der Waals surface area contributed by atoms with Gasteiger partial charge in [-0.05, 0) is 31.2 Å². The molecular formula is C14H14N4O2. The molecule has 2 aromatic rings. The van der Waals surface area contributed by atoms with E-state index < -0.39 is 0 Å². The van der Waals surface area contributed by atoms with Crippen LogP contribution in [-0.2, 0) is 7.05 Å². The van der Waals surface area contributed by atoms with E-state index in [1.807, 2.05) is 13.0 Å². The Morgan fingerprint density at radius 3 is 2.70 bits per heavy atom. The van der Waals surface area contributed by atoms with Gasteiger partial charge in [-0.25, -0.2) is 0 Å². The molecule has 1 amide bonds. The standard InChI is InChI=1S/C14H14N4O2/c1-10-13(9-16-18(10)2)14(19)17-11-3-5-12(6-4-11)20-8-7-15/h3-6,9H,8H2,1-2H3,(H,17,19). The van der Waals surface area contributed by atoms with Crippen LogP contribution in [-0.4, -0.2) is 22.3 Å². The number of anilines is 1. The second kappa shape index (κ2) is 5.89. The van der Waals surface area contributed by atoms with Crippen LogP contribution in [0.15, 0.2) is 30.5 Å². The number of amides is 1. The van der Waals surface area contributed by atoms with E-state index in [9.17, 15) is 4.79 Å². The zero-order valence-electron chi connectivity index (χ0n) is 11.3. The van der Waals surface area contributed by atoms with Crippen LogP contribution < -0.4 is 10.1 Å². The monoisotopic (exact) mass is 270 g/mol. The number of rotatable bonds is 4. The average Bonchev–Trinajstić information content (AvgIpc) is 2.78. The van der Waals surface area contributed by atoms with Crippen LogP contribution in [0.2, 0.25) is 0 Å². The third-order valence-corrected chi connectivity index (χ3v) is 2.90. The molecule has 0 aliphatic rings. The third-order valence-electron chi connectivity index (χ3n) is 2.90. The number of nitriles is 1. The van der Waals surface area contributed by atoms with Gasteiger partial charge in [-0.3, -0.25) is 9.48 Å². The molecule has 0 fully saturated rings. The Kier molecular flexibility index (Phi) is 4.01. The minimum atomic E-state index is -0.207. The number of hydrogen-bond acceptors (Lipinski definition) is 4. The number of carbonyl (C=O) groups excluding carboxylic acids is 1. The molecular weight excluding hydrogens is 256 g/mol. The van der Waals surface area contributed by atoms with Crippen LogP contribution in [0.5, 0.6) is 5.75 Å². The van der Waals surface area contributed by atoms with Gasteiger partial charge in [0, 0.05) is 18.4 Å². The molecule has 102 valence electrons. The zero-order chi connectivity index (χ0) is 14.5. The Bertz CT molecular complexity index is 653. The summed E-state index contributed by atoms with van der Waals surface area (Å²) in [5, 5.41) is 15.2. The van der Waals surface area contributed by atoms with Crippen molar-refractivity contribution < 1.29 is 9.53 Å². The number of nitrogens with one attached hydrogen (secondary N) is 1. The molecule has 2 rings (SSSR count). The third kappa shape index (κ3) is 2.95. The van der Waals surface area contributed by atoms with Crippen molar-refractivity contribution in [3.63, 3.8) is 0 Å². The van der Waals surface area contributed by atoms with E-state index in [2.05, 4.69) is 10.4 Å². The Morgan fingerprint density at radius 2 is 2.15 bits per heavy atom. The van der Waals surface area contributed by atoms with Crippen molar-refractivity contribution in [2.75, 3.05) is 11.9 Å². The van der Waals surface area contributed by atoms with Gasteiger partial charge in [0.05, 0.1) is 11.8 Å². The number of carbonyl (C=O) groups is 1. The van der Waals surface area contributed by atoms with Gasteiger partial charge in [0.2, 0.25) is 0 Å². The predicted molar refractivity (Wildman–Crippen MR) is 73.4 cm³/mol. The van der Waals surface area contributed by atoms with Crippen molar-refractivity contribution in [3.8, 4) is 11.8 Å². The van der Waals surface area contributed by atoms with Crippen LogP contribution >= 0.6 is 0 Å². The highest BCUT2D eigenvalue weighted by atomic mass is 16.5. The van der Waals surface area contributed by atoms with Gasteiger partial charge in [0.1, 0.15) is 11.8 Å². The lowest BCUT2D eigenvalue weighted by molar-refractivity contribution is 0.102. The molecule has 0 saturated carbocycles. The summed E-state index contributed by atoms with van der Waals surface area (Å²) in [4.78, 5) is 12.1. The first-order valence-corrected chi connectivity index (χ1v) is 6.01. The molecule has 20 heavy (non-hydrogen) atoms. The van der Waals surface area contributed by atoms with Crippen molar-refractivity contribution in [2.45, 2.75) is 6.92 Å². The topological polar surface area (TPSA) is 79.9 Å². The van der Waals surface area contributed by atoms with E-state index in [-0.39, 0.29) is 12.5 Å². The highest BCUT2D eigenvalue weighted by Gasteiger charge is 2.12. The number of aryl methyl sites for hydroxylation is 1. The summed E-state index contributed by atoms with van der Waals surface area (Å²) in [6.07, 6.45) is 1.54. The highest BCUT2D eigenvalue weighted by Crippen LogP contribution is 2.17. The van der Waals surface area contributed by atoms with Crippen LogP contribution in [0.3, 0.4) is 0 Å². The van der Waals surface area contributed by atoms with Crippen LogP contribution in [0.4, 0.5) is 5.69 Å². The van der Waals surface area contributed by atoms with Crippen molar-refractivity contribution >= 4 is 11.6 Å². The Morgan fingerprint density at radius 1 is 1.45 bits per heavy atom. The maximum Gasteiger partial charge on any atom is 0.259 e. The smallest absolute Gasteiger partial charge is 0.259 e. The molecule has 0 atom stereocenters. The molecule has 6 nitrogen and oxygen atoms in total. The maximum absolute atomic E-state index is 12.1. The summed E-state index contributed by atoms with van der Waals surface area (Å²) in [6, 6.07) is 8.72. The summed E-state index contributed by atoms with van der Waals surface area (Å²) in [7, 11) is 1.79. The van der Waals surface area contributed by atoms with Gasteiger partial charge in [0.15, 0.2) is 6.61 Å². The second-order valence-electron chi connectivity index (χ2n) is 4.19. The van der Waals surface area contributed by atoms with Gasteiger partial charge in [0.25, 0.3) is 5.91 Å². The summed E-state index contributed by atoms with van der Waals surface area (Å²) in [5.74, 6) is 0.378. The van der Waals surface area contributed by atoms with Gasteiger partial charge < -0.3 is 10.1 Å². The van der Waals surface area contributed by atoms with E-state index in [0.29, 0.717) is 17.0 Å². The minimum Gasteiger partial charge on any atom is -0.479 e. The maximum atomic E-state index is 12.1. The first-order chi connectivity index (χ1) is 9.61. The molecule has 0 aliphatic heterocycles. The van der Waals surface area contributed by atoms with E-state index in [4.69, 9.17) is 10.00 Å². The molecule has 1 aromatic heterocycles. The Labute approximate surface area is 116 Å². The fraction of sp³-hybridized carbons (Fsp3) is 0.214. The molecule has 0 unspecified atom stereocenters. The highest BCUT2D eigenvalue weighted by molar-refractivity contribution is 6.04. The lowest BCUT2D eigenvalue weighted by Crippen LogP contribution is -2.12. The summed E-state index contributed by atoms with van der Waals surface area (Å²) in [6.45, 7) is 1.83. The largest absolute Gasteiger partial charge is 0.479 e. The van der Waals surface area contributed by atoms with Crippen LogP contribution in [0, 0.1) is 18.3 Å². The van der Waals surface area contributed by atoms with Gasteiger partial charge in [-0.15, -0.1) is 0 Å². The quantitative estimate of drug-likeness (QED) is 0.919. The molecule has 6 heteroatoms. The van der Waals surface area contributed by atoms with Crippen LogP contribution in [0.25, 0.3) is 0 Å². The first kappa shape index (κ1) is 13.6. The zero-order valence-corrected chi connectivity index (χ0v) is 11.3. The van der Waals surface area contributed by atoms with E-state index in [1.54, 1.807) is 36.0 Å². The summed E-state index contributed by atoms with van der Waals surface area (Å²) < 4.78 is 6.78. The molecule has 0 saturated heterocycles. The molecule has 1 heterocycles. The van der Waals surface area contributed by atoms with Crippen molar-refractivity contribution in [1.82, 2.24) is 9.78 Å². The lowest BCUT2D eigenvalue weighted by Gasteiger charge is -2.06.